The summed E-state index contributed by atoms with van der Waals surface area (Å²) >= 11 is 9.96. The summed E-state index contributed by atoms with van der Waals surface area (Å²) in [5.74, 6) is -0.740. The smallest absolute Gasteiger partial charge is 0.306 e. The lowest BCUT2D eigenvalue weighted by Gasteiger charge is -2.08. The predicted octanol–water partition coefficient (Wildman–Crippen LogP) is 3.85. The summed E-state index contributed by atoms with van der Waals surface area (Å²) < 4.78 is 0. The topological polar surface area (TPSA) is 57.5 Å². The van der Waals surface area contributed by atoms with Crippen molar-refractivity contribution in [1.82, 2.24) is 0 Å². The zero-order valence-corrected chi connectivity index (χ0v) is 12.2. The SMILES string of the molecule is CCCCCCC(CC)C(=O)O.OCC(Cl)Cl. The average Bonchev–Trinajstić information content (AvgIpc) is 2.29. The van der Waals surface area contributed by atoms with Gasteiger partial charge in [0.1, 0.15) is 4.84 Å². The Morgan fingerprint density at radius 3 is 2.00 bits per heavy atom. The van der Waals surface area contributed by atoms with Crippen LogP contribution in [0.2, 0.25) is 0 Å². The lowest BCUT2D eigenvalue weighted by Crippen LogP contribution is -2.12. The number of halogens is 2. The van der Waals surface area contributed by atoms with Gasteiger partial charge >= 0.3 is 5.97 Å². The summed E-state index contributed by atoms with van der Waals surface area (Å²) in [5.41, 5.74) is 0. The van der Waals surface area contributed by atoms with Crippen LogP contribution in [0.5, 0.6) is 0 Å². The van der Waals surface area contributed by atoms with E-state index in [1.807, 2.05) is 6.92 Å². The standard InChI is InChI=1S/C10H20O2.C2H4Cl2O/c1-3-5-6-7-8-9(4-2)10(11)12;3-2(4)1-5/h9H,3-8H2,1-2H3,(H,11,12);2,5H,1H2. The molecule has 0 amide bonds. The number of carboxylic acid groups (broad SMARTS) is 1. The predicted molar refractivity (Wildman–Crippen MR) is 72.8 cm³/mol. The van der Waals surface area contributed by atoms with Gasteiger partial charge in [-0.15, -0.1) is 23.2 Å². The molecule has 0 aliphatic carbocycles. The van der Waals surface area contributed by atoms with E-state index in [9.17, 15) is 4.79 Å². The number of rotatable bonds is 8. The van der Waals surface area contributed by atoms with Crippen molar-refractivity contribution in [3.63, 3.8) is 0 Å². The molecule has 0 fully saturated rings. The summed E-state index contributed by atoms with van der Waals surface area (Å²) in [5, 5.41) is 16.6. The fraction of sp³-hybridized carbons (Fsp3) is 0.917. The fourth-order valence-corrected chi connectivity index (χ4v) is 1.32. The van der Waals surface area contributed by atoms with E-state index in [1.54, 1.807) is 0 Å². The first-order valence-electron chi connectivity index (χ1n) is 6.11. The van der Waals surface area contributed by atoms with Gasteiger partial charge in [0.25, 0.3) is 0 Å². The first-order valence-corrected chi connectivity index (χ1v) is 6.98. The zero-order chi connectivity index (χ0) is 13.7. The molecule has 1 unspecified atom stereocenters. The maximum Gasteiger partial charge on any atom is 0.306 e. The highest BCUT2D eigenvalue weighted by atomic mass is 35.5. The van der Waals surface area contributed by atoms with E-state index >= 15 is 0 Å². The third-order valence-corrected chi connectivity index (χ3v) is 2.66. The van der Waals surface area contributed by atoms with Crippen LogP contribution in [0.4, 0.5) is 0 Å². The molecule has 3 nitrogen and oxygen atoms in total. The van der Waals surface area contributed by atoms with Gasteiger partial charge in [-0.25, -0.2) is 0 Å². The number of hydrogen-bond donors (Lipinski definition) is 2. The number of alkyl halides is 2. The van der Waals surface area contributed by atoms with Crippen LogP contribution in [0.1, 0.15) is 52.4 Å². The average molecular weight is 287 g/mol. The summed E-state index contributed by atoms with van der Waals surface area (Å²) in [4.78, 5) is 9.98. The Morgan fingerprint density at radius 2 is 1.71 bits per heavy atom. The molecule has 0 aromatic rings. The molecule has 0 rings (SSSR count). The quantitative estimate of drug-likeness (QED) is 0.526. The molecule has 0 saturated heterocycles. The van der Waals surface area contributed by atoms with Crippen LogP contribution in [0, 0.1) is 5.92 Å². The fourth-order valence-electron chi connectivity index (χ4n) is 1.32. The summed E-state index contributed by atoms with van der Waals surface area (Å²) in [6, 6.07) is 0. The van der Waals surface area contributed by atoms with Crippen molar-refractivity contribution in [3.05, 3.63) is 0 Å². The molecule has 0 bridgehead atoms. The van der Waals surface area contributed by atoms with Crippen molar-refractivity contribution in [2.24, 2.45) is 5.92 Å². The van der Waals surface area contributed by atoms with E-state index in [0.717, 1.165) is 19.3 Å². The summed E-state index contributed by atoms with van der Waals surface area (Å²) in [6.07, 6.45) is 6.31. The second-order valence-corrected chi connectivity index (χ2v) is 5.14. The van der Waals surface area contributed by atoms with Crippen molar-refractivity contribution >= 4 is 29.2 Å². The molecule has 0 saturated carbocycles. The number of carboxylic acids is 1. The maximum absolute atomic E-state index is 10.6. The minimum Gasteiger partial charge on any atom is -0.481 e. The number of aliphatic carboxylic acids is 1. The van der Waals surface area contributed by atoms with E-state index in [0.29, 0.717) is 0 Å². The van der Waals surface area contributed by atoms with Crippen LogP contribution in [0.25, 0.3) is 0 Å². The van der Waals surface area contributed by atoms with Gasteiger partial charge in [0, 0.05) is 0 Å². The van der Waals surface area contributed by atoms with Gasteiger partial charge in [-0.2, -0.15) is 0 Å². The van der Waals surface area contributed by atoms with Crippen molar-refractivity contribution in [1.29, 1.82) is 0 Å². The Balaban J connectivity index is 0. The van der Waals surface area contributed by atoms with Gasteiger partial charge in [-0.05, 0) is 12.8 Å². The van der Waals surface area contributed by atoms with E-state index in [1.165, 1.54) is 19.3 Å². The molecule has 17 heavy (non-hydrogen) atoms. The lowest BCUT2D eigenvalue weighted by atomic mass is 9.99. The molecule has 0 aromatic carbocycles. The largest absolute Gasteiger partial charge is 0.481 e. The van der Waals surface area contributed by atoms with E-state index < -0.39 is 10.8 Å². The highest BCUT2D eigenvalue weighted by molar-refractivity contribution is 6.44. The number of carbonyl (C=O) groups is 1. The molecule has 104 valence electrons. The molecule has 0 spiro atoms. The molecule has 0 aliphatic heterocycles. The van der Waals surface area contributed by atoms with E-state index in [4.69, 9.17) is 33.4 Å². The van der Waals surface area contributed by atoms with Gasteiger partial charge in [-0.3, -0.25) is 4.79 Å². The minimum atomic E-state index is -0.631. The molecule has 0 heterocycles. The highest BCUT2D eigenvalue weighted by Crippen LogP contribution is 2.13. The summed E-state index contributed by atoms with van der Waals surface area (Å²) in [6.45, 7) is 3.94. The lowest BCUT2D eigenvalue weighted by molar-refractivity contribution is -0.142. The van der Waals surface area contributed by atoms with Gasteiger partial charge < -0.3 is 10.2 Å². The van der Waals surface area contributed by atoms with E-state index in [2.05, 4.69) is 6.92 Å². The van der Waals surface area contributed by atoms with Crippen molar-refractivity contribution < 1.29 is 15.0 Å². The molecule has 1 atom stereocenters. The molecule has 0 aliphatic rings. The second-order valence-electron chi connectivity index (χ2n) is 3.87. The van der Waals surface area contributed by atoms with Gasteiger partial charge in [0.15, 0.2) is 0 Å². The van der Waals surface area contributed by atoms with Crippen LogP contribution in [0.15, 0.2) is 0 Å². The van der Waals surface area contributed by atoms with Gasteiger partial charge in [-0.1, -0.05) is 39.5 Å². The zero-order valence-electron chi connectivity index (χ0n) is 10.7. The van der Waals surface area contributed by atoms with Gasteiger partial charge in [0.2, 0.25) is 0 Å². The van der Waals surface area contributed by atoms with Crippen molar-refractivity contribution in [2.75, 3.05) is 6.61 Å². The number of aliphatic hydroxyl groups excluding tert-OH is 1. The number of unbranched alkanes of at least 4 members (excludes halogenated alkanes) is 3. The Morgan fingerprint density at radius 1 is 1.18 bits per heavy atom. The Bertz CT molecular complexity index is 175. The highest BCUT2D eigenvalue weighted by Gasteiger charge is 2.13. The first-order chi connectivity index (χ1) is 7.99. The second kappa shape index (κ2) is 14.1. The Hall–Kier alpha value is 0.01000. The van der Waals surface area contributed by atoms with E-state index in [-0.39, 0.29) is 12.5 Å². The first kappa shape index (κ1) is 19.4. The molecular weight excluding hydrogens is 263 g/mol. The van der Waals surface area contributed by atoms with Crippen LogP contribution >= 0.6 is 23.2 Å². The third-order valence-electron chi connectivity index (χ3n) is 2.39. The van der Waals surface area contributed by atoms with Gasteiger partial charge in [0.05, 0.1) is 12.5 Å². The van der Waals surface area contributed by atoms with Crippen LogP contribution in [0.3, 0.4) is 0 Å². The molecule has 0 aromatic heterocycles. The van der Waals surface area contributed by atoms with Crippen molar-refractivity contribution in [3.8, 4) is 0 Å². The number of aliphatic hydroxyl groups is 1. The molecule has 5 heteroatoms. The molecule has 2 N–H and O–H groups in total. The molecular formula is C12H24Cl2O3. The minimum absolute atomic E-state index is 0.109. The maximum atomic E-state index is 10.6. The Labute approximate surface area is 114 Å². The monoisotopic (exact) mass is 286 g/mol. The number of hydrogen-bond acceptors (Lipinski definition) is 2. The summed E-state index contributed by atoms with van der Waals surface area (Å²) in [7, 11) is 0. The van der Waals surface area contributed by atoms with Crippen LogP contribution in [-0.2, 0) is 4.79 Å². The molecule has 0 radical (unpaired) electrons. The third kappa shape index (κ3) is 16.0. The normalized spacial score (nSPS) is 11.9. The van der Waals surface area contributed by atoms with Crippen LogP contribution in [-0.4, -0.2) is 27.6 Å². The van der Waals surface area contributed by atoms with Crippen molar-refractivity contribution in [2.45, 2.75) is 57.2 Å². The Kier molecular flexibility index (Phi) is 16.0. The van der Waals surface area contributed by atoms with Crippen LogP contribution < -0.4 is 0 Å².